The van der Waals surface area contributed by atoms with Crippen molar-refractivity contribution in [2.45, 2.75) is 33.1 Å². The summed E-state index contributed by atoms with van der Waals surface area (Å²) >= 11 is 0. The Hall–Kier alpha value is -1.23. The van der Waals surface area contributed by atoms with Crippen LogP contribution in [0.25, 0.3) is 0 Å². The van der Waals surface area contributed by atoms with Crippen molar-refractivity contribution in [2.75, 3.05) is 30.3 Å². The molecule has 5 nitrogen and oxygen atoms in total. The fourth-order valence-electron chi connectivity index (χ4n) is 2.02. The highest BCUT2D eigenvalue weighted by Gasteiger charge is 2.17. The van der Waals surface area contributed by atoms with Gasteiger partial charge in [0.2, 0.25) is 0 Å². The highest BCUT2D eigenvalue weighted by atomic mass is 16.3. The van der Waals surface area contributed by atoms with Crippen LogP contribution >= 0.6 is 0 Å². The Balaban J connectivity index is 2.95. The summed E-state index contributed by atoms with van der Waals surface area (Å²) in [5.74, 6) is 0.935. The molecule has 17 heavy (non-hydrogen) atoms. The van der Waals surface area contributed by atoms with Crippen LogP contribution in [0.3, 0.4) is 0 Å². The maximum Gasteiger partial charge on any atom is 0.150 e. The first-order valence-electron chi connectivity index (χ1n) is 6.32. The Morgan fingerprint density at radius 1 is 1.35 bits per heavy atom. The summed E-state index contributed by atoms with van der Waals surface area (Å²) in [6.07, 6.45) is 3.05. The van der Waals surface area contributed by atoms with Crippen molar-refractivity contribution in [1.82, 2.24) is 9.78 Å². The van der Waals surface area contributed by atoms with E-state index in [2.05, 4.69) is 16.9 Å². The van der Waals surface area contributed by atoms with E-state index in [1.54, 1.807) is 0 Å². The van der Waals surface area contributed by atoms with Crippen LogP contribution in [0.4, 0.5) is 11.5 Å². The van der Waals surface area contributed by atoms with Gasteiger partial charge in [-0.3, -0.25) is 4.68 Å². The van der Waals surface area contributed by atoms with E-state index in [4.69, 9.17) is 10.8 Å². The zero-order valence-electron chi connectivity index (χ0n) is 11.1. The largest absolute Gasteiger partial charge is 0.395 e. The molecule has 1 rings (SSSR count). The Bertz CT molecular complexity index is 349. The lowest BCUT2D eigenvalue weighted by atomic mass is 10.2. The number of aliphatic hydroxyl groups excluding tert-OH is 1. The molecule has 0 aliphatic rings. The van der Waals surface area contributed by atoms with Gasteiger partial charge >= 0.3 is 0 Å². The smallest absolute Gasteiger partial charge is 0.150 e. The first-order chi connectivity index (χ1) is 8.15. The number of aliphatic hydroxyl groups is 1. The van der Waals surface area contributed by atoms with E-state index in [0.717, 1.165) is 43.0 Å². The third-order valence-corrected chi connectivity index (χ3v) is 2.91. The molecule has 0 unspecified atom stereocenters. The van der Waals surface area contributed by atoms with Gasteiger partial charge in [-0.05, 0) is 12.8 Å². The highest BCUT2D eigenvalue weighted by Crippen LogP contribution is 2.26. The second kappa shape index (κ2) is 6.49. The molecule has 1 heterocycles. The van der Waals surface area contributed by atoms with Crippen LogP contribution in [0.5, 0.6) is 0 Å². The fraction of sp³-hybridized carbons (Fsp3) is 0.750. The number of aryl methyl sites for hydroxylation is 2. The average Bonchev–Trinajstić information content (AvgIpc) is 2.60. The molecular formula is C12H24N4O. The fourth-order valence-corrected chi connectivity index (χ4v) is 2.02. The monoisotopic (exact) mass is 240 g/mol. The summed E-state index contributed by atoms with van der Waals surface area (Å²) in [7, 11) is 1.90. The molecule has 1 aromatic rings. The minimum Gasteiger partial charge on any atom is -0.395 e. The van der Waals surface area contributed by atoms with Gasteiger partial charge < -0.3 is 15.7 Å². The number of nitrogens with two attached hydrogens (primary N) is 1. The molecule has 3 N–H and O–H groups in total. The molecule has 0 aromatic carbocycles. The molecule has 0 aliphatic heterocycles. The van der Waals surface area contributed by atoms with Gasteiger partial charge in [0.15, 0.2) is 0 Å². The topological polar surface area (TPSA) is 67.3 Å². The van der Waals surface area contributed by atoms with Crippen molar-refractivity contribution < 1.29 is 5.11 Å². The molecule has 5 heteroatoms. The standard InChI is InChI=1S/C12H24N4O/c1-4-6-7-16(8-9-17)12-11(13)10(5-2)14-15(12)3/h17H,4-9,13H2,1-3H3. The van der Waals surface area contributed by atoms with Crippen LogP contribution in [-0.2, 0) is 13.5 Å². The molecule has 0 radical (unpaired) electrons. The van der Waals surface area contributed by atoms with Gasteiger partial charge in [-0.2, -0.15) is 5.10 Å². The summed E-state index contributed by atoms with van der Waals surface area (Å²) in [6, 6.07) is 0. The number of aromatic nitrogens is 2. The normalized spacial score (nSPS) is 10.8. The lowest BCUT2D eigenvalue weighted by Crippen LogP contribution is -2.30. The number of hydrogen-bond acceptors (Lipinski definition) is 4. The number of unbranched alkanes of at least 4 members (excludes halogenated alkanes) is 1. The summed E-state index contributed by atoms with van der Waals surface area (Å²) in [6.45, 7) is 5.85. The number of anilines is 2. The van der Waals surface area contributed by atoms with E-state index in [1.165, 1.54) is 0 Å². The third kappa shape index (κ3) is 3.12. The summed E-state index contributed by atoms with van der Waals surface area (Å²) in [4.78, 5) is 2.12. The van der Waals surface area contributed by atoms with Gasteiger partial charge in [0.05, 0.1) is 18.0 Å². The SMILES string of the molecule is CCCCN(CCO)c1c(N)c(CC)nn1C. The molecule has 0 aliphatic carbocycles. The Labute approximate surface area is 103 Å². The molecule has 0 bridgehead atoms. The van der Waals surface area contributed by atoms with Crippen LogP contribution in [-0.4, -0.2) is 34.6 Å². The first kappa shape index (κ1) is 13.8. The number of rotatable bonds is 7. The van der Waals surface area contributed by atoms with Crippen molar-refractivity contribution in [3.63, 3.8) is 0 Å². The summed E-state index contributed by atoms with van der Waals surface area (Å²) in [5, 5.41) is 13.5. The summed E-state index contributed by atoms with van der Waals surface area (Å²) < 4.78 is 1.82. The quantitative estimate of drug-likeness (QED) is 0.750. The maximum absolute atomic E-state index is 9.13. The lowest BCUT2D eigenvalue weighted by Gasteiger charge is -2.24. The highest BCUT2D eigenvalue weighted by molar-refractivity contribution is 5.66. The van der Waals surface area contributed by atoms with Gasteiger partial charge in [0, 0.05) is 20.1 Å². The molecule has 0 fully saturated rings. The van der Waals surface area contributed by atoms with E-state index in [0.29, 0.717) is 6.54 Å². The van der Waals surface area contributed by atoms with Crippen LogP contribution < -0.4 is 10.6 Å². The second-order valence-corrected chi connectivity index (χ2v) is 4.23. The predicted molar refractivity (Wildman–Crippen MR) is 71.2 cm³/mol. The van der Waals surface area contributed by atoms with Crippen molar-refractivity contribution in [3.8, 4) is 0 Å². The maximum atomic E-state index is 9.13. The number of nitrogen functional groups attached to an aromatic ring is 1. The Morgan fingerprint density at radius 3 is 2.53 bits per heavy atom. The van der Waals surface area contributed by atoms with E-state index in [1.807, 2.05) is 18.7 Å². The molecule has 0 spiro atoms. The molecular weight excluding hydrogens is 216 g/mol. The van der Waals surface area contributed by atoms with E-state index in [9.17, 15) is 0 Å². The van der Waals surface area contributed by atoms with Crippen LogP contribution in [0, 0.1) is 0 Å². The van der Waals surface area contributed by atoms with Gasteiger partial charge in [0.1, 0.15) is 5.82 Å². The van der Waals surface area contributed by atoms with Gasteiger partial charge in [-0.15, -0.1) is 0 Å². The van der Waals surface area contributed by atoms with Crippen LogP contribution in [0.2, 0.25) is 0 Å². The predicted octanol–water partition coefficient (Wildman–Crippen LogP) is 1.16. The van der Waals surface area contributed by atoms with Gasteiger partial charge in [-0.25, -0.2) is 0 Å². The minimum atomic E-state index is 0.135. The Morgan fingerprint density at radius 2 is 2.06 bits per heavy atom. The van der Waals surface area contributed by atoms with Crippen LogP contribution in [0.15, 0.2) is 0 Å². The van der Waals surface area contributed by atoms with Crippen molar-refractivity contribution in [2.24, 2.45) is 7.05 Å². The molecule has 0 amide bonds. The van der Waals surface area contributed by atoms with Crippen molar-refractivity contribution in [1.29, 1.82) is 0 Å². The first-order valence-corrected chi connectivity index (χ1v) is 6.32. The van der Waals surface area contributed by atoms with E-state index < -0.39 is 0 Å². The molecule has 1 aromatic heterocycles. The summed E-state index contributed by atoms with van der Waals surface area (Å²) in [5.41, 5.74) is 7.79. The van der Waals surface area contributed by atoms with Crippen molar-refractivity contribution >= 4 is 11.5 Å². The van der Waals surface area contributed by atoms with Crippen molar-refractivity contribution in [3.05, 3.63) is 5.69 Å². The zero-order chi connectivity index (χ0) is 12.8. The van der Waals surface area contributed by atoms with Gasteiger partial charge in [-0.1, -0.05) is 20.3 Å². The molecule has 0 saturated heterocycles. The molecule has 0 atom stereocenters. The average molecular weight is 240 g/mol. The van der Waals surface area contributed by atoms with Gasteiger partial charge in [0.25, 0.3) is 0 Å². The number of nitrogens with zero attached hydrogens (tertiary/aromatic N) is 3. The van der Waals surface area contributed by atoms with Crippen LogP contribution in [0.1, 0.15) is 32.4 Å². The third-order valence-electron chi connectivity index (χ3n) is 2.91. The minimum absolute atomic E-state index is 0.135. The number of hydrogen-bond donors (Lipinski definition) is 2. The van der Waals surface area contributed by atoms with E-state index >= 15 is 0 Å². The zero-order valence-corrected chi connectivity index (χ0v) is 11.1. The second-order valence-electron chi connectivity index (χ2n) is 4.23. The van der Waals surface area contributed by atoms with E-state index in [-0.39, 0.29) is 6.61 Å². The molecule has 98 valence electrons. The Kier molecular flexibility index (Phi) is 5.28. The molecule has 0 saturated carbocycles. The lowest BCUT2D eigenvalue weighted by molar-refractivity contribution is 0.301.